The molecule has 0 aromatic rings. The van der Waals surface area contributed by atoms with Crippen LogP contribution in [-0.2, 0) is 14.2 Å². The summed E-state index contributed by atoms with van der Waals surface area (Å²) in [6.07, 6.45) is 26.7. The Kier molecular flexibility index (Phi) is 22.8. The standard InChI is InChI=1S/C28H53NO3S.HI/c1-2-3-4-5-6-7-8-9-10-11-12-13-14-15-16-19-28-31-25-27(32-28)24-30-22-18-17-20-29-21-23-33-26-29;/h21,23,27-28H,2-20,22,24-26H2,1H3;1H. The molecule has 2 aliphatic rings. The summed E-state index contributed by atoms with van der Waals surface area (Å²) in [6, 6.07) is 0. The summed E-state index contributed by atoms with van der Waals surface area (Å²) in [5.74, 6) is 1.11. The Morgan fingerprint density at radius 2 is 1.44 bits per heavy atom. The Balaban J connectivity index is 0.00000578. The Bertz CT molecular complexity index is 469. The second-order valence-corrected chi connectivity index (χ2v) is 10.8. The van der Waals surface area contributed by atoms with Crippen molar-refractivity contribution >= 4 is 35.7 Å². The molecule has 1 fully saturated rings. The van der Waals surface area contributed by atoms with E-state index in [1.54, 1.807) is 0 Å². The van der Waals surface area contributed by atoms with Crippen LogP contribution < -0.4 is 0 Å². The van der Waals surface area contributed by atoms with Crippen molar-refractivity contribution in [3.8, 4) is 0 Å². The highest BCUT2D eigenvalue weighted by atomic mass is 127. The van der Waals surface area contributed by atoms with E-state index < -0.39 is 0 Å². The van der Waals surface area contributed by atoms with E-state index in [1.807, 2.05) is 11.8 Å². The van der Waals surface area contributed by atoms with Gasteiger partial charge in [0.1, 0.15) is 6.10 Å². The lowest BCUT2D eigenvalue weighted by Gasteiger charge is -2.14. The first-order chi connectivity index (χ1) is 16.4. The van der Waals surface area contributed by atoms with Gasteiger partial charge in [0, 0.05) is 19.4 Å². The van der Waals surface area contributed by atoms with Gasteiger partial charge in [0.15, 0.2) is 6.29 Å². The van der Waals surface area contributed by atoms with Crippen LogP contribution in [0.5, 0.6) is 0 Å². The summed E-state index contributed by atoms with van der Waals surface area (Å²) in [7, 11) is 0. The summed E-state index contributed by atoms with van der Waals surface area (Å²) in [5, 5.41) is 2.17. The highest BCUT2D eigenvalue weighted by molar-refractivity contribution is 14.0. The molecule has 0 spiro atoms. The molecule has 2 rings (SSSR count). The molecule has 0 amide bonds. The van der Waals surface area contributed by atoms with Crippen molar-refractivity contribution < 1.29 is 14.2 Å². The summed E-state index contributed by atoms with van der Waals surface area (Å²) in [5.41, 5.74) is 0. The van der Waals surface area contributed by atoms with Crippen LogP contribution in [0.2, 0.25) is 0 Å². The molecule has 0 aromatic heterocycles. The van der Waals surface area contributed by atoms with Gasteiger partial charge in [0.2, 0.25) is 0 Å². The molecular formula is C28H54INO3S. The van der Waals surface area contributed by atoms with Crippen molar-refractivity contribution in [3.05, 3.63) is 11.6 Å². The molecule has 202 valence electrons. The van der Waals surface area contributed by atoms with E-state index in [0.29, 0.717) is 13.2 Å². The number of unbranched alkanes of at least 4 members (excludes halogenated alkanes) is 15. The minimum absolute atomic E-state index is 0. The third-order valence-electron chi connectivity index (χ3n) is 6.75. The fourth-order valence-electron chi connectivity index (χ4n) is 4.61. The minimum atomic E-state index is 0. The Labute approximate surface area is 232 Å². The number of ether oxygens (including phenoxy) is 3. The number of halogens is 1. The minimum Gasteiger partial charge on any atom is -0.379 e. The van der Waals surface area contributed by atoms with Crippen molar-refractivity contribution in [3.63, 3.8) is 0 Å². The van der Waals surface area contributed by atoms with Crippen LogP contribution >= 0.6 is 35.7 Å². The Morgan fingerprint density at radius 3 is 2.03 bits per heavy atom. The van der Waals surface area contributed by atoms with Gasteiger partial charge >= 0.3 is 0 Å². The lowest BCUT2D eigenvalue weighted by atomic mass is 10.0. The van der Waals surface area contributed by atoms with Crippen molar-refractivity contribution in [2.75, 3.05) is 32.2 Å². The van der Waals surface area contributed by atoms with Crippen molar-refractivity contribution in [2.45, 2.75) is 135 Å². The first-order valence-electron chi connectivity index (χ1n) is 14.3. The normalized spacial score (nSPS) is 19.7. The van der Waals surface area contributed by atoms with Gasteiger partial charge in [0.05, 0.1) is 19.1 Å². The van der Waals surface area contributed by atoms with Gasteiger partial charge in [-0.05, 0) is 31.1 Å². The molecule has 0 N–H and O–H groups in total. The van der Waals surface area contributed by atoms with E-state index in [2.05, 4.69) is 23.4 Å². The maximum atomic E-state index is 6.00. The average Bonchev–Trinajstić information content (AvgIpc) is 3.51. The van der Waals surface area contributed by atoms with Gasteiger partial charge in [-0.15, -0.1) is 35.7 Å². The molecular weight excluding hydrogens is 557 g/mol. The SMILES string of the molecule is CCCCCCCCCCCCCCCCCC1OCC(COCCCCN2C=CSC2)O1.I. The largest absolute Gasteiger partial charge is 0.379 e. The predicted molar refractivity (Wildman–Crippen MR) is 158 cm³/mol. The molecule has 0 radical (unpaired) electrons. The average molecular weight is 612 g/mol. The Morgan fingerprint density at radius 1 is 0.824 bits per heavy atom. The molecule has 34 heavy (non-hydrogen) atoms. The summed E-state index contributed by atoms with van der Waals surface area (Å²) in [6.45, 7) is 5.63. The van der Waals surface area contributed by atoms with Crippen LogP contribution in [0.1, 0.15) is 122 Å². The zero-order valence-electron chi connectivity index (χ0n) is 22.1. The first-order valence-corrected chi connectivity index (χ1v) is 15.3. The van der Waals surface area contributed by atoms with Crippen LogP contribution in [0.4, 0.5) is 0 Å². The van der Waals surface area contributed by atoms with E-state index in [0.717, 1.165) is 31.9 Å². The molecule has 2 aliphatic heterocycles. The zero-order chi connectivity index (χ0) is 23.2. The van der Waals surface area contributed by atoms with Crippen LogP contribution in [0.15, 0.2) is 11.6 Å². The van der Waals surface area contributed by atoms with Crippen LogP contribution in [0.3, 0.4) is 0 Å². The third kappa shape index (κ3) is 17.9. The molecule has 2 atom stereocenters. The molecule has 0 bridgehead atoms. The highest BCUT2D eigenvalue weighted by Crippen LogP contribution is 2.19. The maximum Gasteiger partial charge on any atom is 0.158 e. The number of nitrogens with zero attached hydrogens (tertiary/aromatic N) is 1. The van der Waals surface area contributed by atoms with Crippen molar-refractivity contribution in [1.29, 1.82) is 0 Å². The van der Waals surface area contributed by atoms with Gasteiger partial charge in [-0.3, -0.25) is 0 Å². The molecule has 0 aliphatic carbocycles. The quantitative estimate of drug-likeness (QED) is 0.0851. The predicted octanol–water partition coefficient (Wildman–Crippen LogP) is 8.88. The lowest BCUT2D eigenvalue weighted by Crippen LogP contribution is -2.20. The third-order valence-corrected chi connectivity index (χ3v) is 7.55. The van der Waals surface area contributed by atoms with Gasteiger partial charge in [0.25, 0.3) is 0 Å². The van der Waals surface area contributed by atoms with Gasteiger partial charge in [-0.25, -0.2) is 0 Å². The summed E-state index contributed by atoms with van der Waals surface area (Å²) < 4.78 is 17.6. The fraction of sp³-hybridized carbons (Fsp3) is 0.929. The number of thioether (sulfide) groups is 1. The van der Waals surface area contributed by atoms with Crippen molar-refractivity contribution in [2.24, 2.45) is 0 Å². The van der Waals surface area contributed by atoms with E-state index in [-0.39, 0.29) is 36.4 Å². The molecule has 2 unspecified atom stereocenters. The number of hydrogen-bond acceptors (Lipinski definition) is 5. The molecule has 6 heteroatoms. The fourth-order valence-corrected chi connectivity index (χ4v) is 5.36. The summed E-state index contributed by atoms with van der Waals surface area (Å²) >= 11 is 1.87. The highest BCUT2D eigenvalue weighted by Gasteiger charge is 2.25. The van der Waals surface area contributed by atoms with Gasteiger partial charge < -0.3 is 19.1 Å². The van der Waals surface area contributed by atoms with E-state index in [4.69, 9.17) is 14.2 Å². The van der Waals surface area contributed by atoms with E-state index >= 15 is 0 Å². The van der Waals surface area contributed by atoms with Gasteiger partial charge in [-0.1, -0.05) is 96.8 Å². The second kappa shape index (κ2) is 23.9. The smallest absolute Gasteiger partial charge is 0.158 e. The van der Waals surface area contributed by atoms with Crippen LogP contribution in [0, 0.1) is 0 Å². The topological polar surface area (TPSA) is 30.9 Å². The number of hydrogen-bond donors (Lipinski definition) is 0. The molecule has 2 heterocycles. The van der Waals surface area contributed by atoms with E-state index in [9.17, 15) is 0 Å². The van der Waals surface area contributed by atoms with Gasteiger partial charge in [-0.2, -0.15) is 0 Å². The molecule has 4 nitrogen and oxygen atoms in total. The second-order valence-electron chi connectivity index (χ2n) is 9.93. The van der Waals surface area contributed by atoms with E-state index in [1.165, 1.54) is 103 Å². The molecule has 1 saturated heterocycles. The van der Waals surface area contributed by atoms with Crippen LogP contribution in [0.25, 0.3) is 0 Å². The molecule has 0 saturated carbocycles. The zero-order valence-corrected chi connectivity index (χ0v) is 25.2. The lowest BCUT2D eigenvalue weighted by molar-refractivity contribution is -0.0761. The molecule has 0 aromatic carbocycles. The Hall–Kier alpha value is 0.500. The van der Waals surface area contributed by atoms with Crippen molar-refractivity contribution in [1.82, 2.24) is 4.90 Å². The first kappa shape index (κ1) is 32.5. The number of rotatable bonds is 23. The van der Waals surface area contributed by atoms with Crippen LogP contribution in [-0.4, -0.2) is 49.5 Å². The maximum absolute atomic E-state index is 6.00. The summed E-state index contributed by atoms with van der Waals surface area (Å²) in [4.78, 5) is 2.36. The monoisotopic (exact) mass is 611 g/mol.